The molecule has 20 heavy (non-hydrogen) atoms. The Kier molecular flexibility index (Phi) is 3.92. The van der Waals surface area contributed by atoms with Crippen LogP contribution in [-0.2, 0) is 6.54 Å². The number of thiophene rings is 1. The highest BCUT2D eigenvalue weighted by molar-refractivity contribution is 7.08. The number of aliphatic hydroxyl groups is 1. The monoisotopic (exact) mass is 292 g/mol. The van der Waals surface area contributed by atoms with Crippen LogP contribution in [0.4, 0.5) is 0 Å². The molecule has 108 valence electrons. The van der Waals surface area contributed by atoms with Crippen LogP contribution in [0.15, 0.2) is 21.2 Å². The summed E-state index contributed by atoms with van der Waals surface area (Å²) in [5.41, 5.74) is 2.06. The summed E-state index contributed by atoms with van der Waals surface area (Å²) >= 11 is 1.65. The lowest BCUT2D eigenvalue weighted by molar-refractivity contribution is 0.127. The third kappa shape index (κ3) is 2.80. The molecule has 3 rings (SSSR count). The number of hydrogen-bond acceptors (Lipinski definition) is 5. The van der Waals surface area contributed by atoms with Crippen LogP contribution in [-0.4, -0.2) is 34.2 Å². The average molecular weight is 292 g/mol. The second-order valence-electron chi connectivity index (χ2n) is 5.56. The zero-order valence-corrected chi connectivity index (χ0v) is 12.7. The van der Waals surface area contributed by atoms with Crippen LogP contribution >= 0.6 is 11.3 Å². The van der Waals surface area contributed by atoms with Crippen LogP contribution < -0.4 is 0 Å². The third-order valence-electron chi connectivity index (χ3n) is 4.03. The molecular formula is C15H20N2O2S. The van der Waals surface area contributed by atoms with Crippen molar-refractivity contribution in [3.63, 3.8) is 0 Å². The van der Waals surface area contributed by atoms with Gasteiger partial charge in [0.05, 0.1) is 11.8 Å². The van der Waals surface area contributed by atoms with E-state index in [4.69, 9.17) is 4.42 Å². The van der Waals surface area contributed by atoms with Crippen molar-refractivity contribution < 1.29 is 9.52 Å². The predicted molar refractivity (Wildman–Crippen MR) is 79.6 cm³/mol. The summed E-state index contributed by atoms with van der Waals surface area (Å²) in [4.78, 5) is 6.97. The van der Waals surface area contributed by atoms with Gasteiger partial charge in [-0.05, 0) is 44.2 Å². The zero-order chi connectivity index (χ0) is 14.1. The maximum atomic E-state index is 9.66. The van der Waals surface area contributed by atoms with E-state index in [1.165, 1.54) is 0 Å². The van der Waals surface area contributed by atoms with E-state index in [0.717, 1.165) is 43.1 Å². The molecule has 2 aromatic heterocycles. The van der Waals surface area contributed by atoms with Crippen molar-refractivity contribution in [1.29, 1.82) is 0 Å². The molecule has 1 aliphatic rings. The Balaban J connectivity index is 1.69. The molecule has 0 spiro atoms. The molecule has 0 radical (unpaired) electrons. The summed E-state index contributed by atoms with van der Waals surface area (Å²) < 4.78 is 5.76. The van der Waals surface area contributed by atoms with Crippen molar-refractivity contribution in [2.75, 3.05) is 13.1 Å². The van der Waals surface area contributed by atoms with Gasteiger partial charge in [-0.3, -0.25) is 4.90 Å². The van der Waals surface area contributed by atoms with Crippen LogP contribution in [0.25, 0.3) is 11.5 Å². The van der Waals surface area contributed by atoms with Gasteiger partial charge in [-0.1, -0.05) is 0 Å². The molecular weight excluding hydrogens is 272 g/mol. The van der Waals surface area contributed by atoms with E-state index >= 15 is 0 Å². The maximum absolute atomic E-state index is 9.66. The van der Waals surface area contributed by atoms with E-state index in [2.05, 4.69) is 9.88 Å². The molecule has 1 saturated heterocycles. The highest BCUT2D eigenvalue weighted by Crippen LogP contribution is 2.26. The maximum Gasteiger partial charge on any atom is 0.227 e. The van der Waals surface area contributed by atoms with Crippen LogP contribution in [0.3, 0.4) is 0 Å². The molecule has 2 unspecified atom stereocenters. The molecule has 1 N–H and O–H groups in total. The molecule has 0 aliphatic carbocycles. The Morgan fingerprint density at radius 2 is 2.45 bits per heavy atom. The first kappa shape index (κ1) is 13.8. The first-order valence-corrected chi connectivity index (χ1v) is 7.97. The Morgan fingerprint density at radius 1 is 1.60 bits per heavy atom. The van der Waals surface area contributed by atoms with Crippen molar-refractivity contribution in [1.82, 2.24) is 9.88 Å². The second-order valence-corrected chi connectivity index (χ2v) is 6.34. The predicted octanol–water partition coefficient (Wildman–Crippen LogP) is 2.91. The lowest BCUT2D eigenvalue weighted by Crippen LogP contribution is -2.24. The fourth-order valence-corrected chi connectivity index (χ4v) is 3.33. The Labute approximate surface area is 123 Å². The minimum Gasteiger partial charge on any atom is -0.441 e. The summed E-state index contributed by atoms with van der Waals surface area (Å²) in [5.74, 6) is 2.00. The van der Waals surface area contributed by atoms with Crippen LogP contribution in [0.2, 0.25) is 0 Å². The number of nitrogens with zero attached hydrogens (tertiary/aromatic N) is 2. The number of hydrogen-bond donors (Lipinski definition) is 1. The highest BCUT2D eigenvalue weighted by Gasteiger charge is 2.27. The quantitative estimate of drug-likeness (QED) is 0.941. The van der Waals surface area contributed by atoms with Gasteiger partial charge in [-0.25, -0.2) is 4.98 Å². The summed E-state index contributed by atoms with van der Waals surface area (Å²) in [6, 6.07) is 2.03. The van der Waals surface area contributed by atoms with Gasteiger partial charge in [0, 0.05) is 24.0 Å². The molecule has 1 fully saturated rings. The summed E-state index contributed by atoms with van der Waals surface area (Å²) in [6.07, 6.45) is 0.839. The SMILES string of the molecule is Cc1oc(-c2ccsc2)nc1CN1CCC(C(C)O)C1. The Morgan fingerprint density at radius 3 is 3.10 bits per heavy atom. The van der Waals surface area contributed by atoms with E-state index in [1.54, 1.807) is 11.3 Å². The molecule has 0 saturated carbocycles. The van der Waals surface area contributed by atoms with Crippen molar-refractivity contribution in [2.24, 2.45) is 5.92 Å². The first-order chi connectivity index (χ1) is 9.63. The number of aryl methyl sites for hydroxylation is 1. The molecule has 0 amide bonds. The minimum atomic E-state index is -0.222. The number of aromatic nitrogens is 1. The average Bonchev–Trinajstić information content (AvgIpc) is 3.11. The largest absolute Gasteiger partial charge is 0.441 e. The molecule has 1 aliphatic heterocycles. The molecule has 2 aromatic rings. The normalized spacial score (nSPS) is 21.4. The molecule has 3 heterocycles. The van der Waals surface area contributed by atoms with E-state index in [9.17, 15) is 5.11 Å². The molecule has 2 atom stereocenters. The zero-order valence-electron chi connectivity index (χ0n) is 11.9. The standard InChI is InChI=1S/C15H20N2O2S/c1-10(18)12-3-5-17(7-12)8-14-11(2)19-15(16-14)13-4-6-20-9-13/h4,6,9-10,12,18H,3,5,7-8H2,1-2H3. The van der Waals surface area contributed by atoms with E-state index < -0.39 is 0 Å². The minimum absolute atomic E-state index is 0.222. The summed E-state index contributed by atoms with van der Waals surface area (Å²) in [5, 5.41) is 13.7. The smallest absolute Gasteiger partial charge is 0.227 e. The lowest BCUT2D eigenvalue weighted by atomic mass is 10.0. The molecule has 0 bridgehead atoms. The molecule has 4 nitrogen and oxygen atoms in total. The van der Waals surface area contributed by atoms with Gasteiger partial charge in [0.1, 0.15) is 5.76 Å². The lowest BCUT2D eigenvalue weighted by Gasteiger charge is -2.16. The van der Waals surface area contributed by atoms with Gasteiger partial charge in [-0.15, -0.1) is 0 Å². The van der Waals surface area contributed by atoms with E-state index in [-0.39, 0.29) is 6.10 Å². The topological polar surface area (TPSA) is 49.5 Å². The number of aliphatic hydroxyl groups excluding tert-OH is 1. The number of likely N-dealkylation sites (tertiary alicyclic amines) is 1. The van der Waals surface area contributed by atoms with Gasteiger partial charge in [0.25, 0.3) is 0 Å². The van der Waals surface area contributed by atoms with Crippen LogP contribution in [0, 0.1) is 12.8 Å². The fraction of sp³-hybridized carbons (Fsp3) is 0.533. The van der Waals surface area contributed by atoms with Crippen LogP contribution in [0.5, 0.6) is 0 Å². The number of rotatable bonds is 4. The van der Waals surface area contributed by atoms with E-state index in [1.807, 2.05) is 30.7 Å². The summed E-state index contributed by atoms with van der Waals surface area (Å²) in [7, 11) is 0. The molecule has 0 aromatic carbocycles. The molecule has 5 heteroatoms. The van der Waals surface area contributed by atoms with Crippen molar-refractivity contribution in [3.05, 3.63) is 28.3 Å². The van der Waals surface area contributed by atoms with Gasteiger partial charge < -0.3 is 9.52 Å². The number of oxazole rings is 1. The van der Waals surface area contributed by atoms with Crippen molar-refractivity contribution >= 4 is 11.3 Å². The second kappa shape index (κ2) is 5.68. The summed E-state index contributed by atoms with van der Waals surface area (Å²) in [6.45, 7) is 6.63. The third-order valence-corrected chi connectivity index (χ3v) is 4.71. The van der Waals surface area contributed by atoms with Crippen molar-refractivity contribution in [3.8, 4) is 11.5 Å². The van der Waals surface area contributed by atoms with Gasteiger partial charge in [0.15, 0.2) is 0 Å². The van der Waals surface area contributed by atoms with Gasteiger partial charge in [-0.2, -0.15) is 11.3 Å². The Bertz CT molecular complexity index is 562. The van der Waals surface area contributed by atoms with Gasteiger partial charge >= 0.3 is 0 Å². The van der Waals surface area contributed by atoms with Crippen molar-refractivity contribution in [2.45, 2.75) is 32.9 Å². The Hall–Kier alpha value is -1.17. The van der Waals surface area contributed by atoms with Crippen LogP contribution in [0.1, 0.15) is 24.8 Å². The highest BCUT2D eigenvalue weighted by atomic mass is 32.1. The first-order valence-electron chi connectivity index (χ1n) is 7.03. The van der Waals surface area contributed by atoms with E-state index in [0.29, 0.717) is 11.8 Å². The fourth-order valence-electron chi connectivity index (χ4n) is 2.70. The van der Waals surface area contributed by atoms with Gasteiger partial charge in [0.2, 0.25) is 5.89 Å².